The maximum atomic E-state index is 12.7. The fraction of sp³-hybridized carbons (Fsp3) is 0.581. The fourth-order valence-electron chi connectivity index (χ4n) is 17.8. The lowest BCUT2D eigenvalue weighted by molar-refractivity contribution is -0.404. The number of rotatable bonds is 18. The van der Waals surface area contributed by atoms with Gasteiger partial charge in [-0.1, -0.05) is 182 Å². The van der Waals surface area contributed by atoms with Crippen molar-refractivity contribution in [3.05, 3.63) is 215 Å². The molecule has 16 bridgehead atoms. The minimum Gasteiger partial charge on any atom is -0.394 e. The second-order valence-electron chi connectivity index (χ2n) is 32.3. The van der Waals surface area contributed by atoms with Crippen LogP contribution in [0.15, 0.2) is 182 Å². The van der Waals surface area contributed by atoms with E-state index in [0.717, 1.165) is 0 Å². The Kier molecular flexibility index (Phi) is 30.9. The van der Waals surface area contributed by atoms with E-state index in [0.29, 0.717) is 33.4 Å². The molecule has 22 N–H and O–H groups in total. The maximum Gasteiger partial charge on any atom is 0.187 e. The summed E-state index contributed by atoms with van der Waals surface area (Å²) in [5, 5.41) is 259. The summed E-state index contributed by atoms with van der Waals surface area (Å²) in [4.78, 5) is 0. The first-order valence-electron chi connectivity index (χ1n) is 41.5. The molecule has 40 nitrogen and oxygen atoms in total. The molecule has 0 amide bonds. The van der Waals surface area contributed by atoms with Gasteiger partial charge in [0.1, 0.15) is 207 Å². The summed E-state index contributed by atoms with van der Waals surface area (Å²) < 4.78 is 112. The van der Waals surface area contributed by atoms with E-state index in [9.17, 15) is 112 Å². The SMILES string of the molecule is OC[C@H]1O[C@@H]2O[C@H]3[C@H](O)[C@@H](O)[C@@H](O[C@H]4[C@H](O)[C@@H](O)[C@@H](O[C@H]5[C@H](O)[C@@H](O)[C@@H](O[C@H]6[C@H](O)[C@@H](O)[C@@H](O[C@H]7[C@H](O)[C@@H](O)[C@@H](O[C@H]8[C@H](O)[C@@H](O)[C@@H](O[C@H]9[C@H](O)[C@@H](O)[C@@H](O[C@H]1[C@H](O)[C@H]2O)O[C@@H]9CO)O[C@@H]8CO)O[C@@H]7COC(c1ccccc1)(c1ccccc1)c1ccccc1)O[C@@H]6CO)O[C@@H]5COC(c1ccccc1)(c1ccccc1)c1ccccc1)O[C@@H]4CO)O[C@@H]3CO. The topological polar surface area (TPSA) is 611 Å². The number of ether oxygens (including phenoxy) is 18. The molecule has 30 saturated heterocycles. The number of hydrogen-bond acceptors (Lipinski definition) is 40. The standard InChI is InChI=1S/C86H108O40/c87-31-45-69-53(93)61(101)77(111-45)120-70-46(32-88)113-79(63(103)55(70)95)122-72-48(34-90)115-81(65(105)57(72)97)125-75-51(37-109-85(39-19-7-1-8-20-39,40-21-9-2-10-22-40)41-23-11-3-12-24-41)118-84(68(108)60(75)100)124-74-50(36-92)116-82(66(106)58(74)98)126-76-52(38-110-86(42-25-13-4-14-26-42,43-27-15-5-16-28-43)44-29-17-6-18-30-44)117-83(67(107)59(76)99)123-73-49(35-91)114-80(64(104)56(73)96)121-71-47(33-89)112-78(119-69)62(102)54(71)94/h1-30,45-84,87-108H,31-38H2/t45-,46-,47-,48-,49-,50-,51-,52-,53-,54-,55-,56-,57-,58-,59-,60-,61-,62-,63-,64-,65-,66-,67-,68-,69-,70-,71-,72-,73-,74-,75-,76-,77-,78-,79-,80-,81-,82-,83-,84-/m1/s1. The van der Waals surface area contributed by atoms with E-state index in [1.165, 1.54) is 0 Å². The van der Waals surface area contributed by atoms with E-state index in [1.54, 1.807) is 182 Å². The van der Waals surface area contributed by atoms with Gasteiger partial charge in [-0.25, -0.2) is 0 Å². The molecule has 6 aromatic carbocycles. The smallest absolute Gasteiger partial charge is 0.187 e. The highest BCUT2D eigenvalue weighted by atomic mass is 16.8. The Morgan fingerprint density at radius 3 is 0.437 bits per heavy atom. The Morgan fingerprint density at radius 2 is 0.302 bits per heavy atom. The fourth-order valence-corrected chi connectivity index (χ4v) is 17.8. The van der Waals surface area contributed by atoms with Gasteiger partial charge in [0.15, 0.2) is 50.3 Å². The normalized spacial score (nSPS) is 42.3. The Hall–Kier alpha value is -6.28. The number of benzene rings is 6. The summed E-state index contributed by atoms with van der Waals surface area (Å²) in [7, 11) is 0. The molecule has 30 heterocycles. The Morgan fingerprint density at radius 1 is 0.175 bits per heavy atom. The molecule has 0 saturated carbocycles. The summed E-state index contributed by atoms with van der Waals surface area (Å²) in [6.45, 7) is -8.02. The van der Waals surface area contributed by atoms with E-state index < -0.39 is 310 Å². The van der Waals surface area contributed by atoms with Gasteiger partial charge in [0.05, 0.1) is 52.9 Å². The summed E-state index contributed by atoms with van der Waals surface area (Å²) >= 11 is 0. The Bertz CT molecular complexity index is 3970. The number of aliphatic hydroxyl groups is 22. The van der Waals surface area contributed by atoms with Crippen molar-refractivity contribution in [2.45, 2.75) is 257 Å². The highest BCUT2D eigenvalue weighted by molar-refractivity contribution is 5.49. The summed E-state index contributed by atoms with van der Waals surface area (Å²) in [6, 6.07) is 53.1. The van der Waals surface area contributed by atoms with Crippen molar-refractivity contribution in [2.75, 3.05) is 52.9 Å². The molecule has 40 atom stereocenters. The molecule has 0 aliphatic carbocycles. The van der Waals surface area contributed by atoms with Crippen LogP contribution in [0, 0.1) is 0 Å². The van der Waals surface area contributed by atoms with Gasteiger partial charge >= 0.3 is 0 Å². The number of hydrogen-bond donors (Lipinski definition) is 22. The monoisotopic (exact) mass is 1780 g/mol. The average Bonchev–Trinajstić information content (AvgIpc) is 0.750. The summed E-state index contributed by atoms with van der Waals surface area (Å²) in [6.07, 6.45) is -84.1. The van der Waals surface area contributed by atoms with Crippen LogP contribution in [-0.4, -0.2) is 411 Å². The van der Waals surface area contributed by atoms with Crippen molar-refractivity contribution in [1.29, 1.82) is 0 Å². The van der Waals surface area contributed by atoms with Crippen molar-refractivity contribution < 1.29 is 198 Å². The third kappa shape index (κ3) is 18.6. The van der Waals surface area contributed by atoms with Crippen molar-refractivity contribution in [1.82, 2.24) is 0 Å². The van der Waals surface area contributed by atoms with E-state index in [-0.39, 0.29) is 0 Å². The van der Waals surface area contributed by atoms with Gasteiger partial charge in [-0.2, -0.15) is 0 Å². The molecule has 0 radical (unpaired) electrons. The van der Waals surface area contributed by atoms with Gasteiger partial charge in [0, 0.05) is 0 Å². The second kappa shape index (κ2) is 41.2. The first kappa shape index (κ1) is 94.4. The minimum atomic E-state index is -2.33. The third-order valence-corrected chi connectivity index (χ3v) is 24.5. The van der Waals surface area contributed by atoms with E-state index in [4.69, 9.17) is 85.3 Å². The molecular formula is C86H108O40. The predicted octanol–water partition coefficient (Wildman–Crippen LogP) is -7.37. The highest BCUT2D eigenvalue weighted by Gasteiger charge is 2.62. The zero-order valence-electron chi connectivity index (χ0n) is 67.3. The largest absolute Gasteiger partial charge is 0.394 e. The van der Waals surface area contributed by atoms with Crippen LogP contribution in [0.25, 0.3) is 0 Å². The molecule has 692 valence electrons. The molecule has 126 heavy (non-hydrogen) atoms. The van der Waals surface area contributed by atoms with Gasteiger partial charge in [-0.3, -0.25) is 0 Å². The lowest BCUT2D eigenvalue weighted by atomic mass is 9.80. The van der Waals surface area contributed by atoms with Crippen molar-refractivity contribution in [3.63, 3.8) is 0 Å². The molecule has 30 aliphatic heterocycles. The molecule has 0 aromatic heterocycles. The van der Waals surface area contributed by atoms with Crippen molar-refractivity contribution in [3.8, 4) is 0 Å². The molecule has 0 spiro atoms. The predicted molar refractivity (Wildman–Crippen MR) is 417 cm³/mol. The van der Waals surface area contributed by atoms with E-state index >= 15 is 0 Å². The number of aliphatic hydroxyl groups excluding tert-OH is 22. The van der Waals surface area contributed by atoms with Crippen molar-refractivity contribution in [2.24, 2.45) is 0 Å². The quantitative estimate of drug-likeness (QED) is 0.0356. The average molecular weight is 1780 g/mol. The minimum absolute atomic E-state index is 0.539. The van der Waals surface area contributed by atoms with Gasteiger partial charge in [0.2, 0.25) is 0 Å². The lowest BCUT2D eigenvalue weighted by Crippen LogP contribution is -2.69. The molecule has 30 fully saturated rings. The lowest BCUT2D eigenvalue weighted by Gasteiger charge is -2.51. The molecular weight excluding hydrogens is 1670 g/mol. The van der Waals surface area contributed by atoms with Crippen LogP contribution in [0.5, 0.6) is 0 Å². The van der Waals surface area contributed by atoms with Gasteiger partial charge in [0.25, 0.3) is 0 Å². The van der Waals surface area contributed by atoms with Crippen LogP contribution in [0.3, 0.4) is 0 Å². The van der Waals surface area contributed by atoms with Gasteiger partial charge in [-0.05, 0) is 33.4 Å². The zero-order valence-corrected chi connectivity index (χ0v) is 67.3. The van der Waals surface area contributed by atoms with Gasteiger partial charge < -0.3 is 198 Å². The Labute approximate surface area is 719 Å². The van der Waals surface area contributed by atoms with Crippen molar-refractivity contribution >= 4 is 0 Å². The zero-order chi connectivity index (χ0) is 89.2. The van der Waals surface area contributed by atoms with Crippen LogP contribution in [-0.2, 0) is 96.5 Å². The molecule has 40 heteroatoms. The summed E-state index contributed by atoms with van der Waals surface area (Å²) in [5.41, 5.74) is 0.0279. The van der Waals surface area contributed by atoms with Crippen LogP contribution >= 0.6 is 0 Å². The first-order valence-corrected chi connectivity index (χ1v) is 41.5. The van der Waals surface area contributed by atoms with Gasteiger partial charge in [-0.15, -0.1) is 0 Å². The van der Waals surface area contributed by atoms with Crippen LogP contribution < -0.4 is 0 Å². The first-order chi connectivity index (χ1) is 60.8. The Balaban J connectivity index is 0.778. The van der Waals surface area contributed by atoms with Crippen LogP contribution in [0.2, 0.25) is 0 Å². The van der Waals surface area contributed by atoms with Crippen LogP contribution in [0.1, 0.15) is 33.4 Å². The molecule has 0 unspecified atom stereocenters. The molecule has 6 aromatic rings. The maximum absolute atomic E-state index is 12.7. The van der Waals surface area contributed by atoms with Crippen LogP contribution in [0.4, 0.5) is 0 Å². The summed E-state index contributed by atoms with van der Waals surface area (Å²) in [5.74, 6) is 0. The molecule has 30 aliphatic rings. The van der Waals surface area contributed by atoms with E-state index in [1.807, 2.05) is 0 Å². The highest BCUT2D eigenvalue weighted by Crippen LogP contribution is 2.47. The van der Waals surface area contributed by atoms with E-state index in [2.05, 4.69) is 0 Å². The second-order valence-corrected chi connectivity index (χ2v) is 32.3. The molecule has 36 rings (SSSR count). The third-order valence-electron chi connectivity index (χ3n) is 24.5.